The van der Waals surface area contributed by atoms with E-state index in [1.807, 2.05) is 13.8 Å². The molecule has 6 heteroatoms. The van der Waals surface area contributed by atoms with Crippen LogP contribution in [0.15, 0.2) is 4.99 Å². The Morgan fingerprint density at radius 2 is 2.14 bits per heavy atom. The van der Waals surface area contributed by atoms with Gasteiger partial charge in [-0.3, -0.25) is 9.79 Å². The first-order valence-electron chi connectivity index (χ1n) is 7.79. The molecule has 0 saturated carbocycles. The highest BCUT2D eigenvalue weighted by molar-refractivity contribution is 5.83. The molecule has 0 aromatic carbocycles. The Hall–Kier alpha value is -0.980. The molecule has 6 nitrogen and oxygen atoms in total. The van der Waals surface area contributed by atoms with E-state index in [4.69, 9.17) is 11.5 Å². The highest BCUT2D eigenvalue weighted by atomic mass is 16.5. The minimum Gasteiger partial charge on any atom is -0.676 e. The first-order valence-corrected chi connectivity index (χ1v) is 7.79. The second-order valence-electron chi connectivity index (χ2n) is 4.61. The summed E-state index contributed by atoms with van der Waals surface area (Å²) in [6.45, 7) is 6.53. The molecule has 4 N–H and O–H groups in total. The molecule has 0 aliphatic rings. The van der Waals surface area contributed by atoms with Crippen LogP contribution in [0.2, 0.25) is 0 Å². The van der Waals surface area contributed by atoms with Crippen LogP contribution in [0, 0.1) is 0 Å². The molecule has 0 radical (unpaired) electrons. The number of hydrogen-bond donors (Lipinski definition) is 2. The average Bonchev–Trinajstić information content (AvgIpc) is 2.48. The van der Waals surface area contributed by atoms with Crippen molar-refractivity contribution in [1.29, 1.82) is 0 Å². The summed E-state index contributed by atoms with van der Waals surface area (Å²) < 4.78 is 4.47. The maximum atomic E-state index is 11.6. The first-order chi connectivity index (χ1) is 10.2. The van der Waals surface area contributed by atoms with Gasteiger partial charge in [-0.15, -0.1) is 6.54 Å². The third-order valence-corrected chi connectivity index (χ3v) is 2.70. The molecule has 0 rings (SSSR count). The van der Waals surface area contributed by atoms with Crippen LogP contribution in [0.4, 0.5) is 0 Å². The molecule has 0 aliphatic carbocycles. The summed E-state index contributed by atoms with van der Waals surface area (Å²) in [4.78, 5) is 15.3. The van der Waals surface area contributed by atoms with Crippen molar-refractivity contribution < 1.29 is 9.53 Å². The molecule has 21 heavy (non-hydrogen) atoms. The fourth-order valence-electron chi connectivity index (χ4n) is 1.73. The van der Waals surface area contributed by atoms with Crippen LogP contribution in [-0.4, -0.2) is 51.5 Å². The number of unbranched alkanes of at least 4 members (excludes halogenated alkanes) is 1. The minimum atomic E-state index is 0.0616. The highest BCUT2D eigenvalue weighted by Gasteiger charge is 2.14. The molecule has 1 atom stereocenters. The zero-order valence-corrected chi connectivity index (χ0v) is 13.9. The molecule has 126 valence electrons. The number of nitrogens with zero attached hydrogens (tertiary/aromatic N) is 1. The Balaban J connectivity index is 0. The number of carbonyl (C=O) groups is 1. The monoisotopic (exact) mass is 301 g/mol. The fourth-order valence-corrected chi connectivity index (χ4v) is 1.73. The average molecular weight is 301 g/mol. The first kappa shape index (κ1) is 22.3. The number of hydrogen-bond acceptors (Lipinski definition) is 5. The van der Waals surface area contributed by atoms with Crippen molar-refractivity contribution >= 4 is 12.2 Å². The lowest BCUT2D eigenvalue weighted by Crippen LogP contribution is -2.36. The van der Waals surface area contributed by atoms with E-state index in [1.54, 1.807) is 0 Å². The van der Waals surface area contributed by atoms with E-state index in [1.165, 1.54) is 13.5 Å². The van der Waals surface area contributed by atoms with E-state index >= 15 is 0 Å². The fraction of sp³-hybridized carbons (Fsp3) is 0.867. The smallest absolute Gasteiger partial charge is 0.168 e. The lowest BCUT2D eigenvalue weighted by atomic mass is 10.0. The quantitative estimate of drug-likeness (QED) is 0.328. The Bertz CT molecular complexity index is 248. The van der Waals surface area contributed by atoms with Crippen LogP contribution >= 0.6 is 0 Å². The SMILES string of the molecule is CCCC(=O)[C@H](CCCCN)NCC.COC=NCC[NH-]. The molecule has 0 amide bonds. The predicted molar refractivity (Wildman–Crippen MR) is 89.8 cm³/mol. The molecular formula is C15H33N4O2-. The van der Waals surface area contributed by atoms with E-state index in [9.17, 15) is 4.79 Å². The zero-order valence-electron chi connectivity index (χ0n) is 13.9. The Morgan fingerprint density at radius 3 is 2.62 bits per heavy atom. The summed E-state index contributed by atoms with van der Waals surface area (Å²) in [7, 11) is 1.54. The summed E-state index contributed by atoms with van der Waals surface area (Å²) >= 11 is 0. The van der Waals surface area contributed by atoms with Crippen molar-refractivity contribution in [3.05, 3.63) is 5.73 Å². The summed E-state index contributed by atoms with van der Waals surface area (Å²) in [6.07, 6.45) is 5.97. The highest BCUT2D eigenvalue weighted by Crippen LogP contribution is 2.05. The summed E-state index contributed by atoms with van der Waals surface area (Å²) in [6, 6.07) is 0.0616. The number of ketones is 1. The molecule has 0 spiro atoms. The van der Waals surface area contributed by atoms with Gasteiger partial charge in [-0.1, -0.05) is 20.3 Å². The van der Waals surface area contributed by atoms with Gasteiger partial charge in [0.25, 0.3) is 0 Å². The molecule has 0 aliphatic heterocycles. The van der Waals surface area contributed by atoms with E-state index in [0.29, 0.717) is 25.3 Å². The van der Waals surface area contributed by atoms with Crippen LogP contribution < -0.4 is 11.1 Å². The van der Waals surface area contributed by atoms with Crippen molar-refractivity contribution in [2.75, 3.05) is 33.3 Å². The summed E-state index contributed by atoms with van der Waals surface area (Å²) in [5.74, 6) is 0.353. The van der Waals surface area contributed by atoms with Crippen molar-refractivity contribution in [1.82, 2.24) is 5.32 Å². The van der Waals surface area contributed by atoms with Crippen molar-refractivity contribution in [3.8, 4) is 0 Å². The number of nitrogens with one attached hydrogen (secondary N) is 2. The van der Waals surface area contributed by atoms with Crippen molar-refractivity contribution in [2.45, 2.75) is 52.0 Å². The third-order valence-electron chi connectivity index (χ3n) is 2.70. The summed E-state index contributed by atoms with van der Waals surface area (Å²) in [5, 5.41) is 3.24. The number of likely N-dealkylation sites (N-methyl/N-ethyl adjacent to an activating group) is 1. The normalized spacial score (nSPS) is 11.9. The standard InChI is InChI=1S/C11H24N2O.C4H9N2O/c1-3-7-11(14)10(13-4-2)8-5-6-9-12;1-7-4-6-3-2-5/h10,13H,3-9,12H2,1-2H3;4-5H,2-3H2,1H3/q;-1/t10-;/m0./s1. The van der Waals surface area contributed by atoms with Gasteiger partial charge in [-0.05, 0) is 32.4 Å². The van der Waals surface area contributed by atoms with Gasteiger partial charge in [0.1, 0.15) is 5.78 Å². The predicted octanol–water partition coefficient (Wildman–Crippen LogP) is 2.18. The van der Waals surface area contributed by atoms with Gasteiger partial charge in [0.05, 0.1) is 13.2 Å². The third kappa shape index (κ3) is 17.0. The second kappa shape index (κ2) is 19.0. The lowest BCUT2D eigenvalue weighted by Gasteiger charge is -2.15. The van der Waals surface area contributed by atoms with Gasteiger partial charge in [-0.25, -0.2) is 0 Å². The van der Waals surface area contributed by atoms with Gasteiger partial charge in [0.2, 0.25) is 0 Å². The van der Waals surface area contributed by atoms with Gasteiger partial charge < -0.3 is 21.5 Å². The van der Waals surface area contributed by atoms with E-state index in [2.05, 4.69) is 15.0 Å². The Morgan fingerprint density at radius 1 is 1.43 bits per heavy atom. The minimum absolute atomic E-state index is 0.0616. The van der Waals surface area contributed by atoms with Gasteiger partial charge in [0.15, 0.2) is 6.40 Å². The maximum absolute atomic E-state index is 11.6. The van der Waals surface area contributed by atoms with E-state index < -0.39 is 0 Å². The van der Waals surface area contributed by atoms with E-state index in [0.717, 1.165) is 38.8 Å². The number of carbonyl (C=O) groups excluding carboxylic acids is 1. The van der Waals surface area contributed by atoms with Gasteiger partial charge in [0, 0.05) is 13.0 Å². The van der Waals surface area contributed by atoms with Crippen LogP contribution in [0.5, 0.6) is 0 Å². The summed E-state index contributed by atoms with van der Waals surface area (Å²) in [5.41, 5.74) is 12.0. The van der Waals surface area contributed by atoms with Crippen molar-refractivity contribution in [3.63, 3.8) is 0 Å². The van der Waals surface area contributed by atoms with Crippen LogP contribution in [0.25, 0.3) is 5.73 Å². The number of nitrogens with two attached hydrogens (primary N) is 1. The molecule has 0 aromatic rings. The molecular weight excluding hydrogens is 268 g/mol. The number of rotatable bonds is 12. The molecule has 0 saturated heterocycles. The van der Waals surface area contributed by atoms with Crippen LogP contribution in [0.3, 0.4) is 0 Å². The topological polar surface area (TPSA) is 101 Å². The molecule has 0 heterocycles. The maximum Gasteiger partial charge on any atom is 0.168 e. The number of Topliss-reactive ketones (excluding diaryl/α,β-unsaturated/α-hetero) is 1. The Labute approximate surface area is 129 Å². The number of aliphatic imine (C=N–C) groups is 1. The second-order valence-corrected chi connectivity index (χ2v) is 4.61. The van der Waals surface area contributed by atoms with Gasteiger partial charge in [-0.2, -0.15) is 0 Å². The van der Waals surface area contributed by atoms with Crippen molar-refractivity contribution in [2.24, 2.45) is 10.7 Å². The molecule has 0 fully saturated rings. The zero-order chi connectivity index (χ0) is 16.3. The van der Waals surface area contributed by atoms with Crippen LogP contribution in [-0.2, 0) is 9.53 Å². The molecule has 0 unspecified atom stereocenters. The Kier molecular flexibility index (Phi) is 20.2. The number of ether oxygens (including phenoxy) is 1. The van der Waals surface area contributed by atoms with Gasteiger partial charge >= 0.3 is 0 Å². The molecule has 0 bridgehead atoms. The largest absolute Gasteiger partial charge is 0.676 e. The molecule has 0 aromatic heterocycles. The van der Waals surface area contributed by atoms with E-state index in [-0.39, 0.29) is 6.04 Å². The number of methoxy groups -OCH3 is 1. The van der Waals surface area contributed by atoms with Crippen LogP contribution in [0.1, 0.15) is 46.0 Å². The lowest BCUT2D eigenvalue weighted by molar-refractivity contribution is -0.121.